The van der Waals surface area contributed by atoms with Crippen LogP contribution in [0.15, 0.2) is 18.3 Å². The SMILES string of the molecule is CCNC1COCC1C(=O)c1ncccc1OC. The monoisotopic (exact) mass is 250 g/mol. The standard InChI is InChI=1S/C13H18N2O3/c1-3-14-10-8-18-7-9(10)13(16)12-11(17-2)5-4-6-15-12/h4-6,9-10,14H,3,7-8H2,1-2H3. The highest BCUT2D eigenvalue weighted by Crippen LogP contribution is 2.23. The van der Waals surface area contributed by atoms with Crippen molar-refractivity contribution in [1.29, 1.82) is 0 Å². The number of ketones is 1. The minimum absolute atomic E-state index is 0.0177. The first-order valence-corrected chi connectivity index (χ1v) is 6.12. The topological polar surface area (TPSA) is 60.5 Å². The molecular weight excluding hydrogens is 232 g/mol. The minimum Gasteiger partial charge on any atom is -0.494 e. The number of pyridine rings is 1. The molecule has 0 amide bonds. The van der Waals surface area contributed by atoms with Crippen molar-refractivity contribution in [2.75, 3.05) is 26.9 Å². The molecule has 0 spiro atoms. The maximum absolute atomic E-state index is 12.4. The molecule has 0 aromatic carbocycles. The van der Waals surface area contributed by atoms with Gasteiger partial charge in [0.1, 0.15) is 11.4 Å². The van der Waals surface area contributed by atoms with Gasteiger partial charge in [0.2, 0.25) is 0 Å². The fraction of sp³-hybridized carbons (Fsp3) is 0.538. The number of Topliss-reactive ketones (excluding diaryl/α,β-unsaturated/α-hetero) is 1. The van der Waals surface area contributed by atoms with E-state index in [1.165, 1.54) is 0 Å². The van der Waals surface area contributed by atoms with Crippen molar-refractivity contribution < 1.29 is 14.3 Å². The van der Waals surface area contributed by atoms with Gasteiger partial charge >= 0.3 is 0 Å². The van der Waals surface area contributed by atoms with Crippen LogP contribution in [0.25, 0.3) is 0 Å². The lowest BCUT2D eigenvalue weighted by molar-refractivity contribution is 0.0883. The highest BCUT2D eigenvalue weighted by Gasteiger charge is 2.35. The summed E-state index contributed by atoms with van der Waals surface area (Å²) in [5.74, 6) is 0.314. The zero-order chi connectivity index (χ0) is 13.0. The Hall–Kier alpha value is -1.46. The summed E-state index contributed by atoms with van der Waals surface area (Å²) < 4.78 is 10.6. The molecule has 98 valence electrons. The van der Waals surface area contributed by atoms with Gasteiger partial charge in [-0.1, -0.05) is 6.92 Å². The van der Waals surface area contributed by atoms with Crippen LogP contribution in [0.3, 0.4) is 0 Å². The van der Waals surface area contributed by atoms with Crippen LogP contribution in [-0.2, 0) is 4.74 Å². The van der Waals surface area contributed by atoms with Gasteiger partial charge in [-0.15, -0.1) is 0 Å². The molecule has 5 nitrogen and oxygen atoms in total. The quantitative estimate of drug-likeness (QED) is 0.787. The van der Waals surface area contributed by atoms with Crippen molar-refractivity contribution in [3.05, 3.63) is 24.0 Å². The summed E-state index contributed by atoms with van der Waals surface area (Å²) >= 11 is 0. The Balaban J connectivity index is 2.20. The van der Waals surface area contributed by atoms with Gasteiger partial charge in [0, 0.05) is 12.2 Å². The van der Waals surface area contributed by atoms with Gasteiger partial charge in [0.05, 0.1) is 26.2 Å². The average Bonchev–Trinajstić information content (AvgIpc) is 2.86. The Labute approximate surface area is 107 Å². The van der Waals surface area contributed by atoms with Crippen LogP contribution in [0.4, 0.5) is 0 Å². The van der Waals surface area contributed by atoms with Crippen molar-refractivity contribution in [3.8, 4) is 5.75 Å². The molecule has 2 heterocycles. The summed E-state index contributed by atoms with van der Waals surface area (Å²) in [5.41, 5.74) is 0.387. The van der Waals surface area contributed by atoms with Gasteiger partial charge in [-0.25, -0.2) is 4.98 Å². The van der Waals surface area contributed by atoms with E-state index < -0.39 is 0 Å². The molecule has 1 fully saturated rings. The molecular formula is C13H18N2O3. The molecule has 1 aromatic rings. The lowest BCUT2D eigenvalue weighted by Gasteiger charge is -2.17. The van der Waals surface area contributed by atoms with E-state index >= 15 is 0 Å². The number of aromatic nitrogens is 1. The first kappa shape index (κ1) is 13.0. The molecule has 0 radical (unpaired) electrons. The molecule has 2 atom stereocenters. The van der Waals surface area contributed by atoms with Crippen LogP contribution in [0.1, 0.15) is 17.4 Å². The fourth-order valence-corrected chi connectivity index (χ4v) is 2.19. The van der Waals surface area contributed by atoms with E-state index in [0.29, 0.717) is 24.7 Å². The van der Waals surface area contributed by atoms with Crippen LogP contribution in [0.2, 0.25) is 0 Å². The van der Waals surface area contributed by atoms with E-state index in [9.17, 15) is 4.79 Å². The maximum atomic E-state index is 12.4. The zero-order valence-corrected chi connectivity index (χ0v) is 10.7. The van der Waals surface area contributed by atoms with Crippen molar-refractivity contribution in [3.63, 3.8) is 0 Å². The summed E-state index contributed by atoms with van der Waals surface area (Å²) in [5, 5.41) is 3.27. The number of methoxy groups -OCH3 is 1. The number of nitrogens with zero attached hydrogens (tertiary/aromatic N) is 1. The number of hydrogen-bond acceptors (Lipinski definition) is 5. The molecule has 0 saturated carbocycles. The number of hydrogen-bond donors (Lipinski definition) is 1. The third-order valence-electron chi connectivity index (χ3n) is 3.11. The predicted octanol–water partition coefficient (Wildman–Crippen LogP) is 0.897. The normalized spacial score (nSPS) is 23.0. The summed E-state index contributed by atoms with van der Waals surface area (Å²) in [6.07, 6.45) is 1.60. The highest BCUT2D eigenvalue weighted by molar-refractivity contribution is 5.99. The second kappa shape index (κ2) is 5.93. The van der Waals surface area contributed by atoms with Crippen molar-refractivity contribution in [1.82, 2.24) is 10.3 Å². The largest absolute Gasteiger partial charge is 0.494 e. The smallest absolute Gasteiger partial charge is 0.192 e. The van der Waals surface area contributed by atoms with Crippen LogP contribution in [0, 0.1) is 5.92 Å². The lowest BCUT2D eigenvalue weighted by atomic mass is 9.95. The number of rotatable bonds is 5. The minimum atomic E-state index is -0.186. The molecule has 2 unspecified atom stereocenters. The molecule has 0 aliphatic carbocycles. The summed E-state index contributed by atoms with van der Waals surface area (Å²) in [4.78, 5) is 16.6. The van der Waals surface area contributed by atoms with Gasteiger partial charge in [-0.3, -0.25) is 4.79 Å². The number of ether oxygens (including phenoxy) is 2. The molecule has 1 N–H and O–H groups in total. The van der Waals surface area contributed by atoms with Crippen molar-refractivity contribution in [2.24, 2.45) is 5.92 Å². The molecule has 1 aliphatic heterocycles. The van der Waals surface area contributed by atoms with E-state index in [1.807, 2.05) is 6.92 Å². The van der Waals surface area contributed by atoms with Gasteiger partial charge in [0.25, 0.3) is 0 Å². The van der Waals surface area contributed by atoms with Gasteiger partial charge in [-0.05, 0) is 18.7 Å². The second-order valence-corrected chi connectivity index (χ2v) is 4.23. The van der Waals surface area contributed by atoms with Crippen LogP contribution in [0.5, 0.6) is 5.75 Å². The zero-order valence-electron chi connectivity index (χ0n) is 10.7. The first-order chi connectivity index (χ1) is 8.77. The van der Waals surface area contributed by atoms with E-state index in [0.717, 1.165) is 6.54 Å². The summed E-state index contributed by atoms with van der Waals surface area (Å²) in [7, 11) is 1.54. The Morgan fingerprint density at radius 3 is 3.17 bits per heavy atom. The van der Waals surface area contributed by atoms with E-state index in [2.05, 4.69) is 10.3 Å². The van der Waals surface area contributed by atoms with Gasteiger partial charge in [0.15, 0.2) is 5.78 Å². The summed E-state index contributed by atoms with van der Waals surface area (Å²) in [6.45, 7) is 3.84. The molecule has 0 bridgehead atoms. The maximum Gasteiger partial charge on any atom is 0.192 e. The summed E-state index contributed by atoms with van der Waals surface area (Å²) in [6, 6.07) is 3.56. The first-order valence-electron chi connectivity index (χ1n) is 6.12. The van der Waals surface area contributed by atoms with Crippen LogP contribution < -0.4 is 10.1 Å². The highest BCUT2D eigenvalue weighted by atomic mass is 16.5. The van der Waals surface area contributed by atoms with Crippen molar-refractivity contribution >= 4 is 5.78 Å². The third-order valence-corrected chi connectivity index (χ3v) is 3.11. The third kappa shape index (κ3) is 2.52. The Morgan fingerprint density at radius 2 is 2.44 bits per heavy atom. The Morgan fingerprint density at radius 1 is 1.61 bits per heavy atom. The Kier molecular flexibility index (Phi) is 4.28. The van der Waals surface area contributed by atoms with E-state index in [4.69, 9.17) is 9.47 Å². The molecule has 5 heteroatoms. The lowest BCUT2D eigenvalue weighted by Crippen LogP contribution is -2.39. The van der Waals surface area contributed by atoms with Crippen molar-refractivity contribution in [2.45, 2.75) is 13.0 Å². The number of nitrogens with one attached hydrogen (secondary N) is 1. The molecule has 1 aliphatic rings. The van der Waals surface area contributed by atoms with Crippen LogP contribution >= 0.6 is 0 Å². The fourth-order valence-electron chi connectivity index (χ4n) is 2.19. The van der Waals surface area contributed by atoms with E-state index in [-0.39, 0.29) is 17.7 Å². The predicted molar refractivity (Wildman–Crippen MR) is 66.9 cm³/mol. The van der Waals surface area contributed by atoms with Gasteiger partial charge in [-0.2, -0.15) is 0 Å². The average molecular weight is 250 g/mol. The van der Waals surface area contributed by atoms with Gasteiger partial charge < -0.3 is 14.8 Å². The second-order valence-electron chi connectivity index (χ2n) is 4.23. The molecule has 18 heavy (non-hydrogen) atoms. The molecule has 1 aromatic heterocycles. The number of carbonyl (C=O) groups excluding carboxylic acids is 1. The number of carbonyl (C=O) groups is 1. The van der Waals surface area contributed by atoms with Crippen LogP contribution in [-0.4, -0.2) is 43.7 Å². The molecule has 1 saturated heterocycles. The van der Waals surface area contributed by atoms with E-state index in [1.54, 1.807) is 25.4 Å². The Bertz CT molecular complexity index is 422. The molecule has 2 rings (SSSR count). The number of likely N-dealkylation sites (N-methyl/N-ethyl adjacent to an activating group) is 1.